The maximum absolute atomic E-state index is 13.3. The minimum absolute atomic E-state index is 0.0985. The number of benzene rings is 4. The van der Waals surface area contributed by atoms with E-state index in [1.54, 1.807) is 51.8 Å². The van der Waals surface area contributed by atoms with Crippen molar-refractivity contribution in [3.8, 4) is 45.8 Å². The molecule has 4 aromatic carbocycles. The summed E-state index contributed by atoms with van der Waals surface area (Å²) in [4.78, 5) is 17.2. The fraction of sp³-hybridized carbons (Fsp3) is 0.135. The third-order valence-corrected chi connectivity index (χ3v) is 7.17. The number of halogens is 2. The number of hydrogen-bond acceptors (Lipinski definition) is 8. The fourth-order valence-electron chi connectivity index (χ4n) is 4.86. The summed E-state index contributed by atoms with van der Waals surface area (Å²) in [5, 5.41) is 26.8. The first kappa shape index (κ1) is 37.7. The zero-order chi connectivity index (χ0) is 37.8. The Kier molecular flexibility index (Phi) is 12.7. The number of aromatic nitrogens is 4. The molecule has 6 aromatic rings. The Labute approximate surface area is 297 Å². The van der Waals surface area contributed by atoms with Gasteiger partial charge >= 0.3 is 5.69 Å². The normalized spacial score (nSPS) is 10.1. The lowest BCUT2D eigenvalue weighted by atomic mass is 10.1. The van der Waals surface area contributed by atoms with Crippen molar-refractivity contribution in [3.63, 3.8) is 0 Å². The maximum atomic E-state index is 13.3. The number of nitro benzene ring substituents is 1. The number of hydrogen-bond donors (Lipinski definition) is 2. The molecule has 0 saturated carbocycles. The van der Waals surface area contributed by atoms with E-state index in [9.17, 15) is 18.9 Å². The first-order valence-corrected chi connectivity index (χ1v) is 15.5. The number of aliphatic hydroxyl groups excluding tert-OH is 1. The molecule has 15 heteroatoms. The van der Waals surface area contributed by atoms with Gasteiger partial charge in [0.1, 0.15) is 11.6 Å². The fourth-order valence-corrected chi connectivity index (χ4v) is 4.86. The third-order valence-electron chi connectivity index (χ3n) is 7.17. The molecule has 0 unspecified atom stereocenters. The molecule has 0 spiro atoms. The summed E-state index contributed by atoms with van der Waals surface area (Å²) in [6.07, 6.45) is 0. The Bertz CT molecular complexity index is 2270. The second-order valence-electron chi connectivity index (χ2n) is 10.4. The largest absolute Gasteiger partial charge is 0.435 e. The summed E-state index contributed by atoms with van der Waals surface area (Å²) < 4.78 is 41.0. The van der Waals surface area contributed by atoms with Gasteiger partial charge in [0.2, 0.25) is 17.5 Å². The Balaban J connectivity index is 0.000000223. The van der Waals surface area contributed by atoms with Crippen molar-refractivity contribution in [1.82, 2.24) is 19.6 Å². The lowest BCUT2D eigenvalue weighted by Gasteiger charge is -2.05. The molecule has 13 nitrogen and oxygen atoms in total. The van der Waals surface area contributed by atoms with Gasteiger partial charge in [-0.25, -0.2) is 18.5 Å². The third kappa shape index (κ3) is 9.12. The molecule has 6 rings (SSSR count). The van der Waals surface area contributed by atoms with E-state index >= 15 is 0 Å². The number of rotatable bonds is 9. The van der Waals surface area contributed by atoms with Crippen molar-refractivity contribution in [2.45, 2.75) is 26.9 Å². The van der Waals surface area contributed by atoms with E-state index < -0.39 is 22.2 Å². The van der Waals surface area contributed by atoms with Crippen LogP contribution in [0.3, 0.4) is 0 Å². The molecule has 0 fully saturated rings. The molecule has 0 radical (unpaired) electrons. The Morgan fingerprint density at radius 2 is 1.21 bits per heavy atom. The topological polar surface area (TPSA) is 152 Å². The number of aryl methyl sites for hydroxylation is 2. The Morgan fingerprint density at radius 3 is 1.65 bits per heavy atom. The van der Waals surface area contributed by atoms with Gasteiger partial charge in [-0.2, -0.15) is 0 Å². The molecule has 0 aliphatic heterocycles. The summed E-state index contributed by atoms with van der Waals surface area (Å²) in [6.45, 7) is 19.3. The molecule has 0 atom stereocenters. The maximum Gasteiger partial charge on any atom is 0.314 e. The van der Waals surface area contributed by atoms with E-state index in [1.807, 2.05) is 32.0 Å². The number of nitro groups is 1. The van der Waals surface area contributed by atoms with Crippen molar-refractivity contribution in [2.75, 3.05) is 12.8 Å². The average Bonchev–Trinajstić information content (AvgIpc) is 3.78. The molecule has 0 aliphatic rings. The molecular formula is C37H32F2N8O5. The van der Waals surface area contributed by atoms with Gasteiger partial charge in [-0.1, -0.05) is 36.4 Å². The first-order valence-electron chi connectivity index (χ1n) is 15.5. The molecule has 0 saturated heterocycles. The number of ether oxygens (including phenoxy) is 2. The molecule has 2 heterocycles. The molecule has 3 N–H and O–H groups in total. The van der Waals surface area contributed by atoms with Crippen LogP contribution in [0.1, 0.15) is 13.8 Å². The number of anilines is 1. The van der Waals surface area contributed by atoms with Gasteiger partial charge < -0.3 is 20.3 Å². The lowest BCUT2D eigenvalue weighted by Crippen LogP contribution is -1.99. The number of nitrogens with two attached hydrogens (primary N) is 1. The van der Waals surface area contributed by atoms with Crippen LogP contribution in [0, 0.1) is 34.9 Å². The van der Waals surface area contributed by atoms with Crippen LogP contribution in [0.25, 0.3) is 32.2 Å². The van der Waals surface area contributed by atoms with Crippen molar-refractivity contribution < 1.29 is 28.3 Å². The lowest BCUT2D eigenvalue weighted by molar-refractivity contribution is -0.385. The van der Waals surface area contributed by atoms with E-state index in [4.69, 9.17) is 33.5 Å². The predicted molar refractivity (Wildman–Crippen MR) is 191 cm³/mol. The van der Waals surface area contributed by atoms with Crippen molar-refractivity contribution in [2.24, 2.45) is 0 Å². The van der Waals surface area contributed by atoms with Crippen LogP contribution in [-0.4, -0.2) is 36.7 Å². The Morgan fingerprint density at radius 1 is 0.750 bits per heavy atom. The molecule has 0 amide bonds. The second kappa shape index (κ2) is 17.5. The highest BCUT2D eigenvalue weighted by Crippen LogP contribution is 2.35. The van der Waals surface area contributed by atoms with Crippen molar-refractivity contribution in [1.29, 1.82) is 0 Å². The highest BCUT2D eigenvalue weighted by atomic mass is 19.1. The number of nitrogens with zero attached hydrogens (tertiary/aromatic N) is 7. The van der Waals surface area contributed by atoms with E-state index in [0.717, 1.165) is 36.1 Å². The Hall–Kier alpha value is -7.10. The van der Waals surface area contributed by atoms with Gasteiger partial charge in [0, 0.05) is 38.4 Å². The highest BCUT2D eigenvalue weighted by molar-refractivity contribution is 5.68. The summed E-state index contributed by atoms with van der Waals surface area (Å²) >= 11 is 0. The highest BCUT2D eigenvalue weighted by Gasteiger charge is 2.19. The smallest absolute Gasteiger partial charge is 0.314 e. The molecule has 2 aromatic heterocycles. The molecule has 0 bridgehead atoms. The summed E-state index contributed by atoms with van der Waals surface area (Å²) in [7, 11) is 1.00. The second-order valence-corrected chi connectivity index (χ2v) is 10.4. The summed E-state index contributed by atoms with van der Waals surface area (Å²) in [5.74, 6) is -0.393. The number of nitrogen functional groups attached to an aromatic ring is 1. The number of aliphatic hydroxyl groups is 1. The van der Waals surface area contributed by atoms with Gasteiger partial charge in [-0.3, -0.25) is 19.5 Å². The summed E-state index contributed by atoms with van der Waals surface area (Å²) in [6, 6.07) is 24.7. The minimum Gasteiger partial charge on any atom is -0.435 e. The quantitative estimate of drug-likeness (QED) is 0.0653. The molecule has 0 aliphatic carbocycles. The van der Waals surface area contributed by atoms with Gasteiger partial charge in [-0.15, -0.1) is 10.2 Å². The van der Waals surface area contributed by atoms with Crippen LogP contribution >= 0.6 is 0 Å². The first-order chi connectivity index (χ1) is 25.1. The van der Waals surface area contributed by atoms with Crippen LogP contribution in [0.15, 0.2) is 97.1 Å². The SMILES string of the molecule is CO.[C-]#[N+]c1cccc(-c2cc(Oc3ccc(F)cc3N)nn2CC)c1.[C-]#[N+]c1cccc(-c2cc(Oc3ccc(F)cc3[N+](=O)[O-])nn2CC)c1. The molecular weight excluding hydrogens is 674 g/mol. The van der Waals surface area contributed by atoms with E-state index in [2.05, 4.69) is 19.9 Å². The van der Waals surface area contributed by atoms with Crippen molar-refractivity contribution in [3.05, 3.63) is 142 Å². The van der Waals surface area contributed by atoms with E-state index in [0.29, 0.717) is 41.8 Å². The summed E-state index contributed by atoms with van der Waals surface area (Å²) in [5.41, 5.74) is 9.72. The molecule has 264 valence electrons. The van der Waals surface area contributed by atoms with E-state index in [-0.39, 0.29) is 17.3 Å². The zero-order valence-corrected chi connectivity index (χ0v) is 28.2. The molecule has 52 heavy (non-hydrogen) atoms. The monoisotopic (exact) mass is 706 g/mol. The van der Waals surface area contributed by atoms with Gasteiger partial charge in [-0.05, 0) is 61.4 Å². The van der Waals surface area contributed by atoms with Crippen molar-refractivity contribution >= 4 is 22.7 Å². The average molecular weight is 707 g/mol. The van der Waals surface area contributed by atoms with Crippen LogP contribution in [-0.2, 0) is 13.1 Å². The predicted octanol–water partition coefficient (Wildman–Crippen LogP) is 9.20. The van der Waals surface area contributed by atoms with E-state index in [1.165, 1.54) is 24.3 Å². The van der Waals surface area contributed by atoms with Crippen LogP contribution in [0.4, 0.5) is 31.5 Å². The zero-order valence-electron chi connectivity index (χ0n) is 28.2. The minimum atomic E-state index is -0.722. The van der Waals surface area contributed by atoms with Gasteiger partial charge in [0.25, 0.3) is 0 Å². The van der Waals surface area contributed by atoms with Crippen LogP contribution in [0.5, 0.6) is 23.3 Å². The van der Waals surface area contributed by atoms with Gasteiger partial charge in [0.05, 0.1) is 41.2 Å². The van der Waals surface area contributed by atoms with Crippen LogP contribution in [0.2, 0.25) is 0 Å². The standard InChI is InChI=1S/C18H13FN4O3.C18H15FN4O.CH4O/c1-3-22-15(12-5-4-6-14(9-12)20-2)11-18(21-22)26-17-8-7-13(19)10-16(17)23(24)25;1-3-23-16(12-5-4-6-14(9-12)21-2)11-18(22-23)24-17-8-7-13(19)10-15(17)20;1-2/h4-11H,3H2,1H3;4-11H,3,20H2,1H3;2H,1H3. The van der Waals surface area contributed by atoms with Gasteiger partial charge in [0.15, 0.2) is 17.1 Å². The van der Waals surface area contributed by atoms with Crippen LogP contribution < -0.4 is 15.2 Å².